The first-order valence-electron chi connectivity index (χ1n) is 4.52. The number of hydrogen-bond acceptors (Lipinski definition) is 5. The summed E-state index contributed by atoms with van der Waals surface area (Å²) in [5.41, 5.74) is 5.38. The molecular weight excluding hydrogens is 199 g/mol. The lowest BCUT2D eigenvalue weighted by Gasteiger charge is -2.21. The minimum atomic E-state index is -0.535. The molecule has 1 rings (SSSR count). The molecule has 0 saturated carbocycles. The van der Waals surface area contributed by atoms with Crippen molar-refractivity contribution in [1.82, 2.24) is 15.4 Å². The first-order valence-corrected chi connectivity index (χ1v) is 4.52. The monoisotopic (exact) mass is 214 g/mol. The van der Waals surface area contributed by atoms with Gasteiger partial charge in [-0.1, -0.05) is 0 Å². The van der Waals surface area contributed by atoms with Crippen molar-refractivity contribution in [2.45, 2.75) is 26.3 Å². The van der Waals surface area contributed by atoms with Gasteiger partial charge in [-0.3, -0.25) is 0 Å². The average molecular weight is 214 g/mol. The quantitative estimate of drug-likeness (QED) is 0.743. The fourth-order valence-electron chi connectivity index (χ4n) is 0.784. The molecule has 0 fully saturated rings. The summed E-state index contributed by atoms with van der Waals surface area (Å²) in [6.45, 7) is 5.82. The third kappa shape index (κ3) is 3.67. The Kier molecular flexibility index (Phi) is 3.41. The predicted molar refractivity (Wildman–Crippen MR) is 55.1 cm³/mol. The maximum atomic E-state index is 13.2. The van der Waals surface area contributed by atoms with Crippen molar-refractivity contribution in [3.05, 3.63) is 12.0 Å². The molecule has 1 heterocycles. The molecule has 84 valence electrons. The molecule has 0 aliphatic heterocycles. The van der Waals surface area contributed by atoms with Gasteiger partial charge in [-0.2, -0.15) is 4.98 Å². The van der Waals surface area contributed by atoms with Crippen LogP contribution in [0.25, 0.3) is 0 Å². The highest BCUT2D eigenvalue weighted by molar-refractivity contribution is 5.34. The van der Waals surface area contributed by atoms with E-state index in [1.165, 1.54) is 7.11 Å². The average Bonchev–Trinajstić information content (AvgIpc) is 2.15. The third-order valence-electron chi connectivity index (χ3n) is 1.46. The van der Waals surface area contributed by atoms with Crippen LogP contribution in [0.5, 0.6) is 6.01 Å². The van der Waals surface area contributed by atoms with E-state index in [1.54, 1.807) is 0 Å². The lowest BCUT2D eigenvalue weighted by atomic mass is 10.1. The van der Waals surface area contributed by atoms with Gasteiger partial charge < -0.3 is 10.2 Å². The van der Waals surface area contributed by atoms with Gasteiger partial charge in [0.2, 0.25) is 0 Å². The van der Waals surface area contributed by atoms with E-state index < -0.39 is 5.82 Å². The van der Waals surface area contributed by atoms with E-state index in [0.29, 0.717) is 0 Å². The van der Waals surface area contributed by atoms with Crippen molar-refractivity contribution in [2.24, 2.45) is 0 Å². The van der Waals surface area contributed by atoms with Gasteiger partial charge in [0.15, 0.2) is 11.6 Å². The predicted octanol–water partition coefficient (Wildman–Crippen LogP) is 1.34. The number of hydrazine groups is 1. The van der Waals surface area contributed by atoms with Crippen LogP contribution in [0.15, 0.2) is 6.20 Å². The summed E-state index contributed by atoms with van der Waals surface area (Å²) in [4.78, 5) is 7.44. The number of methoxy groups -OCH3 is 1. The fraction of sp³-hybridized carbons (Fsp3) is 0.556. The van der Waals surface area contributed by atoms with Crippen molar-refractivity contribution in [3.63, 3.8) is 0 Å². The molecule has 1 aromatic rings. The van der Waals surface area contributed by atoms with Gasteiger partial charge in [0.05, 0.1) is 13.3 Å². The number of aromatic nitrogens is 2. The summed E-state index contributed by atoms with van der Waals surface area (Å²) in [6, 6.07) is 0.120. The summed E-state index contributed by atoms with van der Waals surface area (Å²) in [7, 11) is 1.42. The Labute approximate surface area is 88.0 Å². The molecule has 0 unspecified atom stereocenters. The van der Waals surface area contributed by atoms with Crippen LogP contribution >= 0.6 is 0 Å². The van der Waals surface area contributed by atoms with Crippen LogP contribution in [0.1, 0.15) is 20.8 Å². The number of hydrogen-bond donors (Lipinski definition) is 2. The highest BCUT2D eigenvalue weighted by atomic mass is 19.1. The first-order chi connectivity index (χ1) is 6.92. The molecule has 0 radical (unpaired) electrons. The van der Waals surface area contributed by atoms with Crippen LogP contribution in [0.3, 0.4) is 0 Å². The minimum Gasteiger partial charge on any atom is -0.467 e. The molecule has 0 amide bonds. The normalized spacial score (nSPS) is 11.3. The summed E-state index contributed by atoms with van der Waals surface area (Å²) >= 11 is 0. The zero-order valence-corrected chi connectivity index (χ0v) is 9.26. The van der Waals surface area contributed by atoms with E-state index in [2.05, 4.69) is 20.8 Å². The van der Waals surface area contributed by atoms with E-state index in [9.17, 15) is 4.39 Å². The van der Waals surface area contributed by atoms with Gasteiger partial charge in [-0.05, 0) is 20.8 Å². The van der Waals surface area contributed by atoms with Gasteiger partial charge in [0, 0.05) is 5.54 Å². The number of halogens is 1. The van der Waals surface area contributed by atoms with Crippen LogP contribution < -0.4 is 15.6 Å². The molecule has 0 spiro atoms. The number of rotatable bonds is 3. The Morgan fingerprint density at radius 2 is 2.07 bits per heavy atom. The molecule has 2 N–H and O–H groups in total. The summed E-state index contributed by atoms with van der Waals surface area (Å²) in [5, 5.41) is 0. The van der Waals surface area contributed by atoms with E-state index in [0.717, 1.165) is 6.20 Å². The van der Waals surface area contributed by atoms with Crippen molar-refractivity contribution in [3.8, 4) is 6.01 Å². The summed E-state index contributed by atoms with van der Waals surface area (Å²) in [5.74, 6) is -0.468. The van der Waals surface area contributed by atoms with E-state index in [1.807, 2.05) is 20.8 Å². The second-order valence-electron chi connectivity index (χ2n) is 4.05. The van der Waals surface area contributed by atoms with Crippen molar-refractivity contribution < 1.29 is 9.13 Å². The van der Waals surface area contributed by atoms with Gasteiger partial charge in [-0.25, -0.2) is 14.8 Å². The van der Waals surface area contributed by atoms with Crippen LogP contribution in [0.4, 0.5) is 10.2 Å². The molecule has 0 bridgehead atoms. The van der Waals surface area contributed by atoms with Gasteiger partial charge in [0.25, 0.3) is 0 Å². The van der Waals surface area contributed by atoms with Crippen molar-refractivity contribution >= 4 is 5.82 Å². The number of nitrogens with one attached hydrogen (secondary N) is 2. The molecule has 15 heavy (non-hydrogen) atoms. The first kappa shape index (κ1) is 11.6. The molecule has 0 aliphatic rings. The van der Waals surface area contributed by atoms with Crippen LogP contribution in [-0.4, -0.2) is 22.6 Å². The van der Waals surface area contributed by atoms with E-state index in [4.69, 9.17) is 4.74 Å². The van der Waals surface area contributed by atoms with Crippen LogP contribution in [0, 0.1) is 5.82 Å². The second-order valence-corrected chi connectivity index (χ2v) is 4.05. The third-order valence-corrected chi connectivity index (χ3v) is 1.46. The van der Waals surface area contributed by atoms with E-state index >= 15 is 0 Å². The number of nitrogens with zero attached hydrogens (tertiary/aromatic N) is 2. The maximum absolute atomic E-state index is 13.2. The highest BCUT2D eigenvalue weighted by Crippen LogP contribution is 2.12. The fourth-order valence-corrected chi connectivity index (χ4v) is 0.784. The molecular formula is C9H15FN4O. The summed E-state index contributed by atoms with van der Waals surface area (Å²) in [6.07, 6.45) is 1.05. The van der Waals surface area contributed by atoms with Gasteiger partial charge >= 0.3 is 6.01 Å². The molecule has 0 aromatic carbocycles. The zero-order valence-electron chi connectivity index (χ0n) is 9.26. The number of anilines is 1. The zero-order chi connectivity index (χ0) is 11.5. The molecule has 5 nitrogen and oxygen atoms in total. The second kappa shape index (κ2) is 4.39. The summed E-state index contributed by atoms with van der Waals surface area (Å²) < 4.78 is 18.0. The Bertz CT molecular complexity index is 337. The maximum Gasteiger partial charge on any atom is 0.318 e. The highest BCUT2D eigenvalue weighted by Gasteiger charge is 2.11. The Morgan fingerprint density at radius 1 is 1.40 bits per heavy atom. The van der Waals surface area contributed by atoms with Crippen LogP contribution in [0.2, 0.25) is 0 Å². The van der Waals surface area contributed by atoms with E-state index in [-0.39, 0.29) is 17.4 Å². The lowest BCUT2D eigenvalue weighted by molar-refractivity contribution is 0.376. The molecule has 0 aliphatic carbocycles. The minimum absolute atomic E-state index is 0.0665. The van der Waals surface area contributed by atoms with Crippen molar-refractivity contribution in [1.29, 1.82) is 0 Å². The Morgan fingerprint density at radius 3 is 2.60 bits per heavy atom. The number of ether oxygens (including phenoxy) is 1. The van der Waals surface area contributed by atoms with Gasteiger partial charge in [-0.15, -0.1) is 0 Å². The smallest absolute Gasteiger partial charge is 0.318 e. The SMILES string of the molecule is COc1ncc(F)c(NNC(C)(C)C)n1. The van der Waals surface area contributed by atoms with Crippen molar-refractivity contribution in [2.75, 3.05) is 12.5 Å². The molecule has 6 heteroatoms. The standard InChI is InChI=1S/C9H15FN4O/c1-9(2,3)14-13-7-6(10)5-11-8(12-7)15-4/h5,14H,1-4H3,(H,11,12,13). The topological polar surface area (TPSA) is 59.1 Å². The van der Waals surface area contributed by atoms with Crippen LogP contribution in [-0.2, 0) is 0 Å². The Balaban J connectivity index is 2.75. The Hall–Kier alpha value is -1.43. The lowest BCUT2D eigenvalue weighted by Crippen LogP contribution is -2.40. The molecule has 0 atom stereocenters. The largest absolute Gasteiger partial charge is 0.467 e. The molecule has 0 saturated heterocycles. The molecule has 1 aromatic heterocycles. The van der Waals surface area contributed by atoms with Gasteiger partial charge in [0.1, 0.15) is 0 Å².